The van der Waals surface area contributed by atoms with Gasteiger partial charge in [-0.1, -0.05) is 85.8 Å². The Labute approximate surface area is 240 Å². The number of rotatable bonds is 12. The molecule has 0 amide bonds. The van der Waals surface area contributed by atoms with Gasteiger partial charge in [-0.25, -0.2) is 18.4 Å². The lowest BCUT2D eigenvalue weighted by atomic mass is 10.0. The summed E-state index contributed by atoms with van der Waals surface area (Å²) in [4.78, 5) is 9.08. The molecule has 0 aliphatic rings. The van der Waals surface area contributed by atoms with Gasteiger partial charge in [-0.15, -0.1) is 0 Å². The predicted molar refractivity (Wildman–Crippen MR) is 162 cm³/mol. The third-order valence-electron chi connectivity index (χ3n) is 6.34. The number of thiazole rings is 1. The molecule has 0 saturated carbocycles. The van der Waals surface area contributed by atoms with Gasteiger partial charge in [0.15, 0.2) is 11.0 Å². The Bertz CT molecular complexity index is 1520. The van der Waals surface area contributed by atoms with Crippen LogP contribution in [-0.4, -0.2) is 53.9 Å². The molecule has 0 spiro atoms. The summed E-state index contributed by atoms with van der Waals surface area (Å²) < 4.78 is 35.7. The first-order chi connectivity index (χ1) is 19.1. The molecule has 4 aromatic rings. The lowest BCUT2D eigenvalue weighted by Crippen LogP contribution is -2.44. The molecule has 40 heavy (non-hydrogen) atoms. The van der Waals surface area contributed by atoms with E-state index in [0.717, 1.165) is 15.8 Å². The van der Waals surface area contributed by atoms with E-state index in [1.54, 1.807) is 25.1 Å². The van der Waals surface area contributed by atoms with Gasteiger partial charge in [-0.2, -0.15) is 4.31 Å². The molecular weight excluding hydrogens is 544 g/mol. The zero-order valence-electron chi connectivity index (χ0n) is 23.0. The van der Waals surface area contributed by atoms with Crippen LogP contribution in [0.3, 0.4) is 0 Å². The highest BCUT2D eigenvalue weighted by Gasteiger charge is 2.31. The maximum absolute atomic E-state index is 13.8. The number of nitrogen functional groups attached to an aromatic ring is 1. The van der Waals surface area contributed by atoms with Crippen molar-refractivity contribution in [1.82, 2.24) is 9.29 Å². The highest BCUT2D eigenvalue weighted by Crippen LogP contribution is 2.28. The first-order valence-electron chi connectivity index (χ1n) is 13.2. The third-order valence-corrected chi connectivity index (χ3v) is 9.04. The standard InChI is InChI=1S/C30H36N4O4S2/c1-21(2)18-34(40(36,37)25-14-15-29-27(17-25)33-30(31)39-29)19-28(35)26(16-23-10-6-4-7-11-23)32-22(3)38-20-24-12-8-5-9-13-24/h4-15,17,21,26,28,35H,16,18-20H2,1-3H3,(H2,31,33)/t26-,28+/m0/s1. The highest BCUT2D eigenvalue weighted by molar-refractivity contribution is 7.89. The molecular formula is C30H36N4O4S2. The van der Waals surface area contributed by atoms with Crippen LogP contribution in [0.2, 0.25) is 0 Å². The summed E-state index contributed by atoms with van der Waals surface area (Å²) in [6.07, 6.45) is -0.657. The Morgan fingerprint density at radius 2 is 1.68 bits per heavy atom. The molecule has 0 saturated heterocycles. The van der Waals surface area contributed by atoms with E-state index in [9.17, 15) is 13.5 Å². The molecule has 1 heterocycles. The first kappa shape index (κ1) is 29.7. The number of aliphatic hydroxyl groups excluding tert-OH is 1. The van der Waals surface area contributed by atoms with Gasteiger partial charge in [0.25, 0.3) is 0 Å². The minimum absolute atomic E-state index is 0.0349. The zero-order chi connectivity index (χ0) is 28.7. The number of aliphatic imine (C=N–C) groups is 1. The average Bonchev–Trinajstić information content (AvgIpc) is 3.31. The van der Waals surface area contributed by atoms with Crippen molar-refractivity contribution in [3.05, 3.63) is 90.0 Å². The molecule has 0 aliphatic carbocycles. The lowest BCUT2D eigenvalue weighted by Gasteiger charge is -2.29. The van der Waals surface area contributed by atoms with Crippen LogP contribution in [0, 0.1) is 5.92 Å². The second-order valence-corrected chi connectivity index (χ2v) is 13.1. The van der Waals surface area contributed by atoms with Gasteiger partial charge in [-0.3, -0.25) is 0 Å². The maximum Gasteiger partial charge on any atom is 0.243 e. The SMILES string of the molecule is CC(=N[C@@H](Cc1ccccc1)[C@H](O)CN(CC(C)C)S(=O)(=O)c1ccc2sc(N)nc2c1)OCc1ccccc1. The second kappa shape index (κ2) is 13.4. The summed E-state index contributed by atoms with van der Waals surface area (Å²) in [6, 6.07) is 23.7. The maximum atomic E-state index is 13.8. The minimum atomic E-state index is -3.94. The molecule has 0 fully saturated rings. The summed E-state index contributed by atoms with van der Waals surface area (Å²) >= 11 is 1.31. The molecule has 3 N–H and O–H groups in total. The average molecular weight is 581 g/mol. The smallest absolute Gasteiger partial charge is 0.243 e. The van der Waals surface area contributed by atoms with Crippen LogP contribution in [0.15, 0.2) is 88.8 Å². The van der Waals surface area contributed by atoms with Crippen molar-refractivity contribution in [2.24, 2.45) is 10.9 Å². The number of aromatic nitrogens is 1. The number of anilines is 1. The van der Waals surface area contributed by atoms with Gasteiger partial charge >= 0.3 is 0 Å². The Hall–Kier alpha value is -3.31. The molecule has 0 aliphatic heterocycles. The lowest BCUT2D eigenvalue weighted by molar-refractivity contribution is 0.115. The van der Waals surface area contributed by atoms with Crippen LogP contribution in [0.5, 0.6) is 0 Å². The molecule has 1 aromatic heterocycles. The third kappa shape index (κ3) is 7.88. The van der Waals surface area contributed by atoms with Crippen molar-refractivity contribution >= 4 is 42.6 Å². The summed E-state index contributed by atoms with van der Waals surface area (Å²) in [5.41, 5.74) is 8.34. The summed E-state index contributed by atoms with van der Waals surface area (Å²) in [7, 11) is -3.94. The number of sulfonamides is 1. The van der Waals surface area contributed by atoms with Crippen LogP contribution in [0.1, 0.15) is 31.9 Å². The van der Waals surface area contributed by atoms with E-state index in [0.29, 0.717) is 29.6 Å². The van der Waals surface area contributed by atoms with Crippen molar-refractivity contribution < 1.29 is 18.3 Å². The number of fused-ring (bicyclic) bond motifs is 1. The molecule has 212 valence electrons. The fraction of sp³-hybridized carbons (Fsp3) is 0.333. The van der Waals surface area contributed by atoms with E-state index in [-0.39, 0.29) is 23.9 Å². The number of aliphatic hydroxyl groups is 1. The fourth-order valence-corrected chi connectivity index (χ4v) is 6.76. The number of hydrogen-bond donors (Lipinski definition) is 2. The van der Waals surface area contributed by atoms with Crippen molar-refractivity contribution in [3.63, 3.8) is 0 Å². The van der Waals surface area contributed by atoms with E-state index in [4.69, 9.17) is 15.5 Å². The quantitative estimate of drug-likeness (QED) is 0.177. The Kier molecular flexibility index (Phi) is 9.91. The molecule has 0 radical (unpaired) electrons. The minimum Gasteiger partial charge on any atom is -0.476 e. The summed E-state index contributed by atoms with van der Waals surface area (Å²) in [5, 5.41) is 11.9. The first-order valence-corrected chi connectivity index (χ1v) is 15.5. The van der Waals surface area contributed by atoms with Crippen molar-refractivity contribution in [2.45, 2.75) is 50.8 Å². The molecule has 0 bridgehead atoms. The zero-order valence-corrected chi connectivity index (χ0v) is 24.6. The Balaban J connectivity index is 1.59. The number of nitrogens with zero attached hydrogens (tertiary/aromatic N) is 3. The normalized spacial score (nSPS) is 14.1. The fourth-order valence-electron chi connectivity index (χ4n) is 4.40. The topological polar surface area (TPSA) is 118 Å². The summed E-state index contributed by atoms with van der Waals surface area (Å²) in [5.74, 6) is 0.460. The molecule has 8 nitrogen and oxygen atoms in total. The van der Waals surface area contributed by atoms with E-state index in [2.05, 4.69) is 4.98 Å². The molecule has 3 aromatic carbocycles. The monoisotopic (exact) mass is 580 g/mol. The van der Waals surface area contributed by atoms with Gasteiger partial charge in [0, 0.05) is 20.0 Å². The molecule has 2 atom stereocenters. The van der Waals surface area contributed by atoms with Crippen molar-refractivity contribution in [2.75, 3.05) is 18.8 Å². The van der Waals surface area contributed by atoms with Crippen molar-refractivity contribution in [1.29, 1.82) is 0 Å². The Morgan fingerprint density at radius 3 is 2.33 bits per heavy atom. The van der Waals surface area contributed by atoms with Gasteiger partial charge < -0.3 is 15.6 Å². The number of nitrogens with two attached hydrogens (primary N) is 1. The van der Waals surface area contributed by atoms with E-state index in [1.165, 1.54) is 15.6 Å². The molecule has 10 heteroatoms. The Morgan fingerprint density at radius 1 is 1.02 bits per heavy atom. The summed E-state index contributed by atoms with van der Waals surface area (Å²) in [6.45, 7) is 6.11. The van der Waals surface area contributed by atoms with E-state index >= 15 is 0 Å². The van der Waals surface area contributed by atoms with Crippen LogP contribution in [0.25, 0.3) is 10.2 Å². The number of benzene rings is 3. The van der Waals surface area contributed by atoms with Crippen LogP contribution < -0.4 is 5.73 Å². The van der Waals surface area contributed by atoms with E-state index < -0.39 is 22.2 Å². The molecule has 4 rings (SSSR count). The van der Waals surface area contributed by atoms with Crippen LogP contribution in [-0.2, 0) is 27.8 Å². The van der Waals surface area contributed by atoms with Gasteiger partial charge in [0.05, 0.1) is 27.3 Å². The van der Waals surface area contributed by atoms with Crippen LogP contribution >= 0.6 is 11.3 Å². The highest BCUT2D eigenvalue weighted by atomic mass is 32.2. The van der Waals surface area contributed by atoms with Gasteiger partial charge in [0.1, 0.15) is 6.61 Å². The number of ether oxygens (including phenoxy) is 1. The van der Waals surface area contributed by atoms with E-state index in [1.807, 2.05) is 74.5 Å². The molecule has 0 unspecified atom stereocenters. The van der Waals surface area contributed by atoms with Crippen molar-refractivity contribution in [3.8, 4) is 0 Å². The number of hydrogen-bond acceptors (Lipinski definition) is 8. The predicted octanol–water partition coefficient (Wildman–Crippen LogP) is 5.13. The second-order valence-electron chi connectivity index (χ2n) is 10.1. The van der Waals surface area contributed by atoms with Gasteiger partial charge in [-0.05, 0) is 41.7 Å². The van der Waals surface area contributed by atoms with Gasteiger partial charge in [0.2, 0.25) is 10.0 Å². The largest absolute Gasteiger partial charge is 0.476 e. The van der Waals surface area contributed by atoms with Crippen LogP contribution in [0.4, 0.5) is 5.13 Å².